The molecule has 0 aromatic carbocycles. The van der Waals surface area contributed by atoms with Gasteiger partial charge in [-0.2, -0.15) is 0 Å². The molecule has 0 saturated carbocycles. The van der Waals surface area contributed by atoms with Crippen molar-refractivity contribution in [2.45, 2.75) is 18.2 Å². The number of halogens is 2. The van der Waals surface area contributed by atoms with Crippen LogP contribution < -0.4 is 16.0 Å². The van der Waals surface area contributed by atoms with Crippen LogP contribution in [0.1, 0.15) is 13.8 Å². The van der Waals surface area contributed by atoms with Crippen LogP contribution in [0, 0.1) is 0 Å². The summed E-state index contributed by atoms with van der Waals surface area (Å²) in [6, 6.07) is 0. The number of ether oxygens (including phenoxy) is 1. The monoisotopic (exact) mass is 428 g/mol. The smallest absolute Gasteiger partial charge is 0.322 e. The highest BCUT2D eigenvalue weighted by atomic mass is 79.9. The third kappa shape index (κ3) is 12.1. The molecule has 0 radical (unpaired) electrons. The van der Waals surface area contributed by atoms with E-state index in [1.807, 2.05) is 0 Å². The predicted molar refractivity (Wildman–Crippen MR) is 91.5 cm³/mol. The molecule has 0 bridgehead atoms. The Labute approximate surface area is 154 Å². The minimum Gasteiger partial charge on any atom is -0.463 e. The van der Waals surface area contributed by atoms with Gasteiger partial charge in [-0.3, -0.25) is 19.2 Å². The Balaban J connectivity index is 3.77. The Bertz CT molecular complexity index is 468. The first-order valence-corrected chi connectivity index (χ1v) is 8.18. The molecule has 24 heavy (non-hydrogen) atoms. The number of nitrogens with one attached hydrogen (secondary N) is 3. The van der Waals surface area contributed by atoms with E-state index < -0.39 is 28.0 Å². The maximum atomic E-state index is 11.5. The Morgan fingerprint density at radius 1 is 1.04 bits per heavy atom. The van der Waals surface area contributed by atoms with Gasteiger partial charge in [0.05, 0.1) is 26.2 Å². The number of esters is 1. The average Bonchev–Trinajstić information content (AvgIpc) is 2.45. The molecule has 0 aliphatic heterocycles. The number of amides is 3. The average molecular weight is 430 g/mol. The molecule has 0 fully saturated rings. The quantitative estimate of drug-likeness (QED) is 0.180. The molecule has 0 rings (SSSR count). The van der Waals surface area contributed by atoms with Crippen LogP contribution in [0.5, 0.6) is 0 Å². The zero-order valence-electron chi connectivity index (χ0n) is 13.8. The molecule has 0 aliphatic rings. The van der Waals surface area contributed by atoms with Crippen molar-refractivity contribution in [3.8, 4) is 0 Å². The molecule has 0 atom stereocenters. The van der Waals surface area contributed by atoms with Crippen LogP contribution >= 0.6 is 27.7 Å². The fourth-order valence-electron chi connectivity index (χ4n) is 1.24. The molecule has 0 aromatic rings. The van der Waals surface area contributed by atoms with Gasteiger partial charge in [0, 0.05) is 7.05 Å². The summed E-state index contributed by atoms with van der Waals surface area (Å²) >= 11 is 8.63. The van der Waals surface area contributed by atoms with E-state index in [9.17, 15) is 19.2 Å². The van der Waals surface area contributed by atoms with E-state index in [2.05, 4.69) is 31.9 Å². The molecule has 0 unspecified atom stereocenters. The van der Waals surface area contributed by atoms with Gasteiger partial charge in [-0.05, 0) is 25.6 Å². The fraction of sp³-hybridized carbons (Fsp3) is 0.692. The van der Waals surface area contributed by atoms with Gasteiger partial charge >= 0.3 is 5.97 Å². The van der Waals surface area contributed by atoms with Crippen molar-refractivity contribution < 1.29 is 23.9 Å². The minimum atomic E-state index is -0.784. The first kappa shape index (κ1) is 22.6. The summed E-state index contributed by atoms with van der Waals surface area (Å²) in [6.07, 6.45) is 0. The first-order valence-electron chi connectivity index (χ1n) is 7.05. The molecule has 0 aromatic heterocycles. The van der Waals surface area contributed by atoms with Gasteiger partial charge < -0.3 is 20.7 Å². The number of hydrogen-bond acceptors (Lipinski definition) is 6. The zero-order valence-corrected chi connectivity index (χ0v) is 16.1. The number of carbonyl (C=O) groups is 4. The van der Waals surface area contributed by atoms with Crippen molar-refractivity contribution in [1.29, 1.82) is 0 Å². The van der Waals surface area contributed by atoms with Gasteiger partial charge in [-0.25, -0.2) is 4.42 Å². The summed E-state index contributed by atoms with van der Waals surface area (Å²) in [7, 11) is 1.50. The van der Waals surface area contributed by atoms with Crippen LogP contribution in [-0.4, -0.2) is 72.3 Å². The number of rotatable bonds is 10. The van der Waals surface area contributed by atoms with Crippen LogP contribution in [0.15, 0.2) is 0 Å². The van der Waals surface area contributed by atoms with Gasteiger partial charge in [0.2, 0.25) is 17.7 Å². The lowest BCUT2D eigenvalue weighted by atomic mass is 10.2. The van der Waals surface area contributed by atoms with Gasteiger partial charge in [0.15, 0.2) is 0 Å². The van der Waals surface area contributed by atoms with Crippen LogP contribution in [0.25, 0.3) is 0 Å². The summed E-state index contributed by atoms with van der Waals surface area (Å²) in [5.41, 5.74) is 0. The molecule has 0 aliphatic carbocycles. The molecule has 0 saturated heterocycles. The van der Waals surface area contributed by atoms with Crippen molar-refractivity contribution in [3.05, 3.63) is 0 Å². The van der Waals surface area contributed by atoms with Crippen LogP contribution in [0.4, 0.5) is 0 Å². The summed E-state index contributed by atoms with van der Waals surface area (Å²) in [5.74, 6) is -1.81. The normalized spacial score (nSPS) is 10.9. The number of likely N-dealkylation sites (N-methyl/N-ethyl adjacent to an activating group) is 1. The van der Waals surface area contributed by atoms with Gasteiger partial charge in [0.25, 0.3) is 0 Å². The summed E-state index contributed by atoms with van der Waals surface area (Å²) in [4.78, 5) is 45.6. The van der Waals surface area contributed by atoms with E-state index in [0.29, 0.717) is 0 Å². The van der Waals surface area contributed by atoms with Crippen molar-refractivity contribution in [2.75, 3.05) is 39.8 Å². The number of alkyl halides is 1. The van der Waals surface area contributed by atoms with E-state index in [-0.39, 0.29) is 32.8 Å². The Morgan fingerprint density at radius 3 is 2.04 bits per heavy atom. The lowest BCUT2D eigenvalue weighted by Crippen LogP contribution is -2.43. The number of carbonyl (C=O) groups excluding carboxylic acids is 4. The minimum absolute atomic E-state index is 0.0234. The molecular weight excluding hydrogens is 408 g/mol. The molecule has 0 heterocycles. The van der Waals surface area contributed by atoms with E-state index in [0.717, 1.165) is 4.42 Å². The van der Waals surface area contributed by atoms with Gasteiger partial charge in [-0.1, -0.05) is 15.9 Å². The SMILES string of the molecule is CN(Cl)CC(=O)NCC(=O)NCC(=O)NCCOC(=O)C(C)(C)Br. The van der Waals surface area contributed by atoms with E-state index in [1.54, 1.807) is 13.8 Å². The third-order valence-electron chi connectivity index (χ3n) is 2.40. The lowest BCUT2D eigenvalue weighted by molar-refractivity contribution is -0.145. The molecule has 138 valence electrons. The van der Waals surface area contributed by atoms with Gasteiger partial charge in [-0.15, -0.1) is 0 Å². The fourth-order valence-corrected chi connectivity index (χ4v) is 1.47. The number of hydrogen-bond donors (Lipinski definition) is 3. The Kier molecular flexibility index (Phi) is 10.6. The molecule has 0 spiro atoms. The van der Waals surface area contributed by atoms with Gasteiger partial charge in [0.1, 0.15) is 10.9 Å². The van der Waals surface area contributed by atoms with Crippen LogP contribution in [0.2, 0.25) is 0 Å². The highest BCUT2D eigenvalue weighted by Gasteiger charge is 2.25. The maximum absolute atomic E-state index is 11.5. The van der Waals surface area contributed by atoms with Crippen molar-refractivity contribution in [1.82, 2.24) is 20.4 Å². The third-order valence-corrected chi connectivity index (χ3v) is 2.84. The predicted octanol–water partition coefficient (Wildman–Crippen LogP) is -0.863. The molecule has 9 nitrogen and oxygen atoms in total. The lowest BCUT2D eigenvalue weighted by Gasteiger charge is -2.15. The van der Waals surface area contributed by atoms with Crippen LogP contribution in [-0.2, 0) is 23.9 Å². The largest absolute Gasteiger partial charge is 0.463 e. The van der Waals surface area contributed by atoms with E-state index in [4.69, 9.17) is 16.5 Å². The van der Waals surface area contributed by atoms with E-state index in [1.165, 1.54) is 7.05 Å². The Morgan fingerprint density at radius 2 is 1.54 bits per heavy atom. The highest BCUT2D eigenvalue weighted by Crippen LogP contribution is 2.16. The first-order chi connectivity index (χ1) is 11.0. The second-order valence-corrected chi connectivity index (χ2v) is 7.83. The zero-order chi connectivity index (χ0) is 18.8. The standard InChI is InChI=1S/C13H22BrClN4O5/c1-13(2,14)12(23)24-5-4-16-9(20)6-17-10(21)7-18-11(22)8-19(3)15/h4-8H2,1-3H3,(H,16,20)(H,17,21)(H,18,22). The van der Waals surface area contributed by atoms with Crippen molar-refractivity contribution in [3.63, 3.8) is 0 Å². The number of nitrogens with zero attached hydrogens (tertiary/aromatic N) is 1. The topological polar surface area (TPSA) is 117 Å². The van der Waals surface area contributed by atoms with E-state index >= 15 is 0 Å². The second kappa shape index (κ2) is 11.2. The van der Waals surface area contributed by atoms with Crippen LogP contribution in [0.3, 0.4) is 0 Å². The van der Waals surface area contributed by atoms with Crippen molar-refractivity contribution in [2.24, 2.45) is 0 Å². The highest BCUT2D eigenvalue weighted by molar-refractivity contribution is 9.10. The molecule has 3 N–H and O–H groups in total. The Hall–Kier alpha value is -1.39. The van der Waals surface area contributed by atoms with Crippen molar-refractivity contribution >= 4 is 51.4 Å². The maximum Gasteiger partial charge on any atom is 0.322 e. The summed E-state index contributed by atoms with van der Waals surface area (Å²) in [5, 5.41) is 7.16. The summed E-state index contributed by atoms with van der Waals surface area (Å²) in [6.45, 7) is 2.88. The molecule has 11 heteroatoms. The second-order valence-electron chi connectivity index (χ2n) is 5.27. The summed E-state index contributed by atoms with van der Waals surface area (Å²) < 4.78 is 5.29. The molecule has 3 amide bonds. The molecular formula is C13H22BrClN4O5.